The number of carbonyl (C=O) groups is 1. The number of aromatic nitrogens is 1. The molecular weight excluding hydrogens is 663 g/mol. The fraction of sp³-hybridized carbons (Fsp3) is 0.289. The van der Waals surface area contributed by atoms with Crippen LogP contribution in [0.2, 0.25) is 0 Å². The first-order valence-corrected chi connectivity index (χ1v) is 18.2. The first-order valence-electron chi connectivity index (χ1n) is 18.2. The van der Waals surface area contributed by atoms with E-state index >= 15 is 0 Å². The number of ether oxygens (including phenoxy) is 4. The van der Waals surface area contributed by atoms with Gasteiger partial charge in [0.1, 0.15) is 29.6 Å². The zero-order valence-electron chi connectivity index (χ0n) is 31.4. The minimum absolute atomic E-state index is 0.0341. The molecule has 0 unspecified atom stereocenters. The third kappa shape index (κ3) is 10.5. The van der Waals surface area contributed by atoms with Crippen molar-refractivity contribution in [2.45, 2.75) is 47.3 Å². The van der Waals surface area contributed by atoms with E-state index in [4.69, 9.17) is 18.9 Å². The number of aryl methyl sites for hydroxylation is 4. The molecule has 1 saturated heterocycles. The SMILES string of the molecule is COc1ccc(COc2ccc(Oc3c(C)cc(C=CC(=O)N4CCN(Cc5ccc(CCOc6ccc(C)cc6)c(C)c5)CC4)cc3C)nc2)cc1. The van der Waals surface area contributed by atoms with Crippen molar-refractivity contribution < 1.29 is 23.7 Å². The molecule has 1 aliphatic rings. The fourth-order valence-corrected chi connectivity index (χ4v) is 6.45. The van der Waals surface area contributed by atoms with E-state index in [9.17, 15) is 4.79 Å². The van der Waals surface area contributed by atoms with Crippen LogP contribution in [0.4, 0.5) is 0 Å². The van der Waals surface area contributed by atoms with Gasteiger partial charge in [-0.2, -0.15) is 0 Å². The molecule has 1 fully saturated rings. The Morgan fingerprint density at radius 1 is 0.736 bits per heavy atom. The maximum atomic E-state index is 13.1. The number of methoxy groups -OCH3 is 1. The number of pyridine rings is 1. The van der Waals surface area contributed by atoms with Crippen LogP contribution >= 0.6 is 0 Å². The Balaban J connectivity index is 0.942. The number of hydrogen-bond donors (Lipinski definition) is 0. The van der Waals surface area contributed by atoms with Gasteiger partial charge >= 0.3 is 0 Å². The van der Waals surface area contributed by atoms with E-state index in [2.05, 4.69) is 54.1 Å². The molecule has 0 atom stereocenters. The second-order valence-corrected chi connectivity index (χ2v) is 13.7. The van der Waals surface area contributed by atoms with Gasteiger partial charge in [0.15, 0.2) is 0 Å². The Morgan fingerprint density at radius 3 is 2.08 bits per heavy atom. The largest absolute Gasteiger partial charge is 0.497 e. The topological polar surface area (TPSA) is 73.4 Å². The van der Waals surface area contributed by atoms with Crippen LogP contribution in [0.5, 0.6) is 28.9 Å². The van der Waals surface area contributed by atoms with Gasteiger partial charge < -0.3 is 23.8 Å². The molecule has 6 rings (SSSR count). The number of carbonyl (C=O) groups excluding carboxylic acids is 1. The van der Waals surface area contributed by atoms with E-state index < -0.39 is 0 Å². The standard InChI is InChI=1S/C45H49N3O5/c1-32-6-13-41(14-7-32)51-25-20-39-12-8-38(26-33(39)2)30-47-21-23-48(24-22-47)44(49)19-11-37-27-34(3)45(35(4)28-37)53-43-18-17-42(29-46-43)52-31-36-9-15-40(50-5)16-10-36/h6-19,26-29H,20-25,30-31H2,1-5H3. The highest BCUT2D eigenvalue weighted by Gasteiger charge is 2.20. The van der Waals surface area contributed by atoms with Gasteiger partial charge in [-0.3, -0.25) is 9.69 Å². The van der Waals surface area contributed by atoms with E-state index in [0.717, 1.165) is 65.6 Å². The summed E-state index contributed by atoms with van der Waals surface area (Å²) in [6.07, 6.45) is 6.11. The van der Waals surface area contributed by atoms with Crippen LogP contribution in [0, 0.1) is 27.7 Å². The molecule has 0 N–H and O–H groups in total. The van der Waals surface area contributed by atoms with Crippen molar-refractivity contribution in [3.05, 3.63) is 148 Å². The predicted octanol–water partition coefficient (Wildman–Crippen LogP) is 8.67. The van der Waals surface area contributed by atoms with Crippen LogP contribution in [0.3, 0.4) is 0 Å². The van der Waals surface area contributed by atoms with Gasteiger partial charge in [-0.15, -0.1) is 0 Å². The van der Waals surface area contributed by atoms with E-state index in [1.807, 2.05) is 79.4 Å². The highest BCUT2D eigenvalue weighted by atomic mass is 16.5. The van der Waals surface area contributed by atoms with Gasteiger partial charge in [0.2, 0.25) is 11.8 Å². The van der Waals surface area contributed by atoms with Crippen molar-refractivity contribution in [1.29, 1.82) is 0 Å². The Hall–Kier alpha value is -5.60. The zero-order chi connectivity index (χ0) is 37.2. The molecule has 1 amide bonds. The van der Waals surface area contributed by atoms with Crippen molar-refractivity contribution >= 4 is 12.0 Å². The molecule has 53 heavy (non-hydrogen) atoms. The molecule has 274 valence electrons. The molecule has 0 spiro atoms. The third-order valence-corrected chi connectivity index (χ3v) is 9.54. The zero-order valence-corrected chi connectivity index (χ0v) is 31.4. The fourth-order valence-electron chi connectivity index (χ4n) is 6.45. The molecule has 2 heterocycles. The van der Waals surface area contributed by atoms with Crippen LogP contribution in [0.1, 0.15) is 44.5 Å². The molecule has 1 aliphatic heterocycles. The second kappa shape index (κ2) is 17.8. The van der Waals surface area contributed by atoms with Crippen LogP contribution in [0.25, 0.3) is 6.08 Å². The van der Waals surface area contributed by atoms with Gasteiger partial charge in [-0.05, 0) is 115 Å². The normalized spacial score (nSPS) is 13.3. The molecule has 0 saturated carbocycles. The minimum Gasteiger partial charge on any atom is -0.497 e. The number of nitrogens with zero attached hydrogens (tertiary/aromatic N) is 3. The smallest absolute Gasteiger partial charge is 0.246 e. The van der Waals surface area contributed by atoms with Gasteiger partial charge in [-0.1, -0.05) is 48.0 Å². The molecule has 0 aliphatic carbocycles. The van der Waals surface area contributed by atoms with Crippen LogP contribution in [0.15, 0.2) is 103 Å². The summed E-state index contributed by atoms with van der Waals surface area (Å²) in [7, 11) is 1.65. The lowest BCUT2D eigenvalue weighted by Gasteiger charge is -2.34. The number of hydrogen-bond acceptors (Lipinski definition) is 7. The highest BCUT2D eigenvalue weighted by molar-refractivity contribution is 5.92. The first-order chi connectivity index (χ1) is 25.7. The Morgan fingerprint density at radius 2 is 1.42 bits per heavy atom. The Kier molecular flexibility index (Phi) is 12.4. The van der Waals surface area contributed by atoms with Crippen molar-refractivity contribution in [2.24, 2.45) is 0 Å². The van der Waals surface area contributed by atoms with Crippen LogP contribution in [-0.4, -0.2) is 60.6 Å². The average Bonchev–Trinajstić information content (AvgIpc) is 3.17. The monoisotopic (exact) mass is 711 g/mol. The first kappa shape index (κ1) is 37.2. The second-order valence-electron chi connectivity index (χ2n) is 13.7. The summed E-state index contributed by atoms with van der Waals surface area (Å²) in [5.41, 5.74) is 9.05. The van der Waals surface area contributed by atoms with Gasteiger partial charge in [-0.25, -0.2) is 4.98 Å². The van der Waals surface area contributed by atoms with Crippen molar-refractivity contribution in [2.75, 3.05) is 39.9 Å². The average molecular weight is 712 g/mol. The van der Waals surface area contributed by atoms with Gasteiger partial charge in [0, 0.05) is 51.3 Å². The maximum absolute atomic E-state index is 13.1. The summed E-state index contributed by atoms with van der Waals surface area (Å²) in [6.45, 7) is 13.3. The van der Waals surface area contributed by atoms with Crippen molar-refractivity contribution in [3.8, 4) is 28.9 Å². The molecule has 8 nitrogen and oxygen atoms in total. The van der Waals surface area contributed by atoms with Gasteiger partial charge in [0.25, 0.3) is 0 Å². The summed E-state index contributed by atoms with van der Waals surface area (Å²) < 4.78 is 23.2. The quantitative estimate of drug-likeness (QED) is 0.107. The molecule has 4 aromatic carbocycles. The molecule has 8 heteroatoms. The van der Waals surface area contributed by atoms with E-state index in [1.165, 1.54) is 22.3 Å². The van der Waals surface area contributed by atoms with Crippen molar-refractivity contribution in [1.82, 2.24) is 14.8 Å². The lowest BCUT2D eigenvalue weighted by atomic mass is 10.0. The number of rotatable bonds is 14. The minimum atomic E-state index is 0.0341. The number of amides is 1. The summed E-state index contributed by atoms with van der Waals surface area (Å²) in [5.74, 6) is 3.65. The van der Waals surface area contributed by atoms with Gasteiger partial charge in [0.05, 0.1) is 19.9 Å². The molecule has 0 bridgehead atoms. The van der Waals surface area contributed by atoms with Crippen LogP contribution in [-0.2, 0) is 24.4 Å². The lowest BCUT2D eigenvalue weighted by molar-refractivity contribution is -0.127. The molecule has 1 aromatic heterocycles. The molecular formula is C45H49N3O5. The highest BCUT2D eigenvalue weighted by Crippen LogP contribution is 2.30. The summed E-state index contributed by atoms with van der Waals surface area (Å²) in [5, 5.41) is 0. The molecule has 0 radical (unpaired) electrons. The number of benzene rings is 4. The summed E-state index contributed by atoms with van der Waals surface area (Å²) in [4.78, 5) is 21.9. The van der Waals surface area contributed by atoms with Crippen LogP contribution < -0.4 is 18.9 Å². The van der Waals surface area contributed by atoms with Crippen molar-refractivity contribution in [3.63, 3.8) is 0 Å². The Bertz CT molecular complexity index is 1980. The maximum Gasteiger partial charge on any atom is 0.246 e. The van der Waals surface area contributed by atoms with E-state index in [1.54, 1.807) is 25.4 Å². The lowest BCUT2D eigenvalue weighted by Crippen LogP contribution is -2.47. The number of piperazine rings is 1. The summed E-state index contributed by atoms with van der Waals surface area (Å²) in [6, 6.07) is 30.4. The Labute approximate surface area is 313 Å². The van der Waals surface area contributed by atoms with E-state index in [0.29, 0.717) is 37.9 Å². The molecule has 5 aromatic rings. The predicted molar refractivity (Wildman–Crippen MR) is 210 cm³/mol. The van der Waals surface area contributed by atoms with E-state index in [-0.39, 0.29) is 5.91 Å². The third-order valence-electron chi connectivity index (χ3n) is 9.54. The summed E-state index contributed by atoms with van der Waals surface area (Å²) >= 11 is 0.